The zero-order valence-electron chi connectivity index (χ0n) is 12.3. The van der Waals surface area contributed by atoms with Crippen LogP contribution in [0, 0.1) is 0 Å². The van der Waals surface area contributed by atoms with Gasteiger partial charge in [-0.15, -0.1) is 0 Å². The van der Waals surface area contributed by atoms with Crippen LogP contribution in [0.1, 0.15) is 18.9 Å². The van der Waals surface area contributed by atoms with E-state index in [1.807, 2.05) is 42.5 Å². The molecule has 1 aromatic heterocycles. The number of aryl methyl sites for hydroxylation is 1. The molecule has 0 aliphatic rings. The van der Waals surface area contributed by atoms with Gasteiger partial charge in [-0.25, -0.2) is 4.98 Å². The first kappa shape index (κ1) is 14.7. The Kier molecular flexibility index (Phi) is 4.45. The predicted molar refractivity (Wildman–Crippen MR) is 89.7 cm³/mol. The highest BCUT2D eigenvalue weighted by Gasteiger charge is 2.09. The Balaban J connectivity index is 2.04. The smallest absolute Gasteiger partial charge is 0.208 e. The summed E-state index contributed by atoms with van der Waals surface area (Å²) in [5.41, 5.74) is 3.17. The Morgan fingerprint density at radius 1 is 0.818 bits per heavy atom. The highest BCUT2D eigenvalue weighted by Crippen LogP contribution is 2.22. The average molecular weight is 310 g/mol. The third-order valence-corrected chi connectivity index (χ3v) is 3.53. The molecule has 0 radical (unpaired) electrons. The molecule has 0 N–H and O–H groups in total. The van der Waals surface area contributed by atoms with Crippen LogP contribution in [-0.4, -0.2) is 15.0 Å². The van der Waals surface area contributed by atoms with Gasteiger partial charge >= 0.3 is 0 Å². The molecular weight excluding hydrogens is 294 g/mol. The summed E-state index contributed by atoms with van der Waals surface area (Å²) < 4.78 is 0. The van der Waals surface area contributed by atoms with Crippen LogP contribution in [0.25, 0.3) is 22.8 Å². The van der Waals surface area contributed by atoms with Crippen molar-refractivity contribution in [2.45, 2.75) is 19.8 Å². The van der Waals surface area contributed by atoms with Gasteiger partial charge in [-0.1, -0.05) is 61.9 Å². The summed E-state index contributed by atoms with van der Waals surface area (Å²) in [5, 5.41) is 0.213. The molecule has 2 aromatic carbocycles. The molecule has 0 aliphatic carbocycles. The predicted octanol–water partition coefficient (Wildman–Crippen LogP) is 4.81. The van der Waals surface area contributed by atoms with Crippen molar-refractivity contribution < 1.29 is 0 Å². The molecule has 0 bridgehead atoms. The minimum atomic E-state index is 0.213. The van der Waals surface area contributed by atoms with Crippen LogP contribution >= 0.6 is 11.6 Å². The van der Waals surface area contributed by atoms with Gasteiger partial charge in [0, 0.05) is 11.1 Å². The monoisotopic (exact) mass is 309 g/mol. The molecule has 0 saturated heterocycles. The molecule has 1 heterocycles. The lowest BCUT2D eigenvalue weighted by Crippen LogP contribution is -1.97. The Hall–Kier alpha value is -2.26. The van der Waals surface area contributed by atoms with Crippen molar-refractivity contribution in [2.75, 3.05) is 0 Å². The molecule has 0 saturated carbocycles. The lowest BCUT2D eigenvalue weighted by atomic mass is 10.1. The second kappa shape index (κ2) is 6.67. The quantitative estimate of drug-likeness (QED) is 0.694. The first-order valence-corrected chi connectivity index (χ1v) is 7.70. The Morgan fingerprint density at radius 2 is 1.50 bits per heavy atom. The van der Waals surface area contributed by atoms with Crippen LogP contribution in [0.15, 0.2) is 54.6 Å². The summed E-state index contributed by atoms with van der Waals surface area (Å²) in [6.45, 7) is 2.17. The van der Waals surface area contributed by atoms with E-state index in [1.54, 1.807) is 0 Å². The van der Waals surface area contributed by atoms with Gasteiger partial charge < -0.3 is 0 Å². The van der Waals surface area contributed by atoms with Gasteiger partial charge in [-0.2, -0.15) is 9.97 Å². The number of rotatable bonds is 4. The first-order chi connectivity index (χ1) is 10.8. The molecule has 0 unspecified atom stereocenters. The molecule has 3 aromatic rings. The van der Waals surface area contributed by atoms with Gasteiger partial charge in [0.05, 0.1) is 0 Å². The van der Waals surface area contributed by atoms with E-state index in [0.29, 0.717) is 11.6 Å². The molecule has 0 aliphatic heterocycles. The molecule has 4 heteroatoms. The third-order valence-electron chi connectivity index (χ3n) is 3.36. The van der Waals surface area contributed by atoms with Crippen LogP contribution in [0.4, 0.5) is 0 Å². The van der Waals surface area contributed by atoms with Crippen LogP contribution in [0.5, 0.6) is 0 Å². The number of benzene rings is 2. The van der Waals surface area contributed by atoms with E-state index in [2.05, 4.69) is 34.0 Å². The standard InChI is InChI=1S/C18H16ClN3/c1-2-7-13-8-6-11-15(12-13)17-20-16(21-18(19)22-17)14-9-4-3-5-10-14/h3-6,8-12H,2,7H2,1H3. The number of aromatic nitrogens is 3. The topological polar surface area (TPSA) is 38.7 Å². The van der Waals surface area contributed by atoms with Gasteiger partial charge in [0.15, 0.2) is 11.6 Å². The lowest BCUT2D eigenvalue weighted by molar-refractivity contribution is 0.921. The Morgan fingerprint density at radius 3 is 2.23 bits per heavy atom. The van der Waals surface area contributed by atoms with Crippen molar-refractivity contribution in [1.82, 2.24) is 15.0 Å². The average Bonchev–Trinajstić information content (AvgIpc) is 2.56. The second-order valence-corrected chi connectivity index (χ2v) is 5.41. The largest absolute Gasteiger partial charge is 0.226 e. The van der Waals surface area contributed by atoms with Crippen molar-refractivity contribution in [3.63, 3.8) is 0 Å². The fourth-order valence-electron chi connectivity index (χ4n) is 2.35. The zero-order valence-corrected chi connectivity index (χ0v) is 13.1. The SMILES string of the molecule is CCCc1cccc(-c2nc(Cl)nc(-c3ccccc3)n2)c1. The van der Waals surface area contributed by atoms with E-state index in [9.17, 15) is 0 Å². The van der Waals surface area contributed by atoms with Crippen molar-refractivity contribution in [3.05, 3.63) is 65.4 Å². The normalized spacial score (nSPS) is 10.6. The molecule has 0 atom stereocenters. The van der Waals surface area contributed by atoms with Crippen LogP contribution in [-0.2, 0) is 6.42 Å². The van der Waals surface area contributed by atoms with Crippen molar-refractivity contribution in [1.29, 1.82) is 0 Å². The molecular formula is C18H16ClN3. The molecule has 22 heavy (non-hydrogen) atoms. The molecule has 3 nitrogen and oxygen atoms in total. The Bertz CT molecular complexity index is 772. The van der Waals surface area contributed by atoms with E-state index in [0.717, 1.165) is 24.0 Å². The highest BCUT2D eigenvalue weighted by molar-refractivity contribution is 6.28. The molecule has 110 valence electrons. The number of hydrogen-bond donors (Lipinski definition) is 0. The molecule has 0 amide bonds. The number of halogens is 1. The lowest BCUT2D eigenvalue weighted by Gasteiger charge is -2.06. The third kappa shape index (κ3) is 3.31. The molecule has 3 rings (SSSR count). The van der Waals surface area contributed by atoms with Gasteiger partial charge in [0.1, 0.15) is 0 Å². The van der Waals surface area contributed by atoms with Crippen molar-refractivity contribution in [2.24, 2.45) is 0 Å². The van der Waals surface area contributed by atoms with E-state index in [-0.39, 0.29) is 5.28 Å². The zero-order chi connectivity index (χ0) is 15.4. The number of hydrogen-bond acceptors (Lipinski definition) is 3. The summed E-state index contributed by atoms with van der Waals surface area (Å²) in [5.74, 6) is 1.20. The fraction of sp³-hybridized carbons (Fsp3) is 0.167. The van der Waals surface area contributed by atoms with E-state index in [1.165, 1.54) is 5.56 Å². The second-order valence-electron chi connectivity index (χ2n) is 5.07. The molecule has 0 fully saturated rings. The van der Waals surface area contributed by atoms with Gasteiger partial charge in [-0.3, -0.25) is 0 Å². The molecule has 0 spiro atoms. The van der Waals surface area contributed by atoms with Crippen molar-refractivity contribution in [3.8, 4) is 22.8 Å². The minimum absolute atomic E-state index is 0.213. The summed E-state index contributed by atoms with van der Waals surface area (Å²) >= 11 is 6.09. The maximum absolute atomic E-state index is 6.09. The van der Waals surface area contributed by atoms with E-state index < -0.39 is 0 Å². The maximum Gasteiger partial charge on any atom is 0.226 e. The maximum atomic E-state index is 6.09. The van der Waals surface area contributed by atoms with Crippen LogP contribution < -0.4 is 0 Å². The number of nitrogens with zero attached hydrogens (tertiary/aromatic N) is 3. The summed E-state index contributed by atoms with van der Waals surface area (Å²) in [7, 11) is 0. The minimum Gasteiger partial charge on any atom is -0.208 e. The first-order valence-electron chi connectivity index (χ1n) is 7.32. The van der Waals surface area contributed by atoms with Gasteiger partial charge in [-0.05, 0) is 29.7 Å². The summed E-state index contributed by atoms with van der Waals surface area (Å²) in [4.78, 5) is 13.1. The fourth-order valence-corrected chi connectivity index (χ4v) is 2.51. The van der Waals surface area contributed by atoms with Crippen LogP contribution in [0.3, 0.4) is 0 Å². The summed E-state index contributed by atoms with van der Waals surface area (Å²) in [6.07, 6.45) is 2.15. The van der Waals surface area contributed by atoms with Crippen molar-refractivity contribution >= 4 is 11.6 Å². The Labute approximate surface area is 135 Å². The van der Waals surface area contributed by atoms with E-state index in [4.69, 9.17) is 11.6 Å². The summed E-state index contributed by atoms with van der Waals surface area (Å²) in [6, 6.07) is 18.0. The van der Waals surface area contributed by atoms with Gasteiger partial charge in [0.2, 0.25) is 5.28 Å². The van der Waals surface area contributed by atoms with E-state index >= 15 is 0 Å². The van der Waals surface area contributed by atoms with Gasteiger partial charge in [0.25, 0.3) is 0 Å². The van der Waals surface area contributed by atoms with Crippen LogP contribution in [0.2, 0.25) is 5.28 Å². The highest BCUT2D eigenvalue weighted by atomic mass is 35.5.